The SMILES string of the molecule is CC1(C)CNOC(C[Se]c2ccccc2)C1. The molecule has 0 saturated carbocycles. The van der Waals surface area contributed by atoms with Gasteiger partial charge in [-0.05, 0) is 0 Å². The van der Waals surface area contributed by atoms with Crippen LogP contribution >= 0.6 is 0 Å². The van der Waals surface area contributed by atoms with Gasteiger partial charge in [-0.25, -0.2) is 0 Å². The van der Waals surface area contributed by atoms with Crippen molar-refractivity contribution in [1.82, 2.24) is 5.48 Å². The van der Waals surface area contributed by atoms with Crippen molar-refractivity contribution in [3.8, 4) is 0 Å². The second kappa shape index (κ2) is 5.33. The van der Waals surface area contributed by atoms with E-state index in [9.17, 15) is 0 Å². The molecule has 0 bridgehead atoms. The van der Waals surface area contributed by atoms with E-state index in [1.54, 1.807) is 0 Å². The summed E-state index contributed by atoms with van der Waals surface area (Å²) in [7, 11) is 0. The summed E-state index contributed by atoms with van der Waals surface area (Å²) in [5.41, 5.74) is 3.44. The van der Waals surface area contributed by atoms with Gasteiger partial charge in [0, 0.05) is 0 Å². The monoisotopic (exact) mass is 285 g/mol. The first kappa shape index (κ1) is 12.1. The molecule has 1 aromatic rings. The van der Waals surface area contributed by atoms with Gasteiger partial charge < -0.3 is 0 Å². The zero-order chi connectivity index (χ0) is 11.4. The van der Waals surface area contributed by atoms with Crippen molar-refractivity contribution in [1.29, 1.82) is 0 Å². The van der Waals surface area contributed by atoms with Gasteiger partial charge in [0.1, 0.15) is 0 Å². The third-order valence-electron chi connectivity index (χ3n) is 2.76. The first-order valence-electron chi connectivity index (χ1n) is 5.72. The van der Waals surface area contributed by atoms with Crippen LogP contribution in [0.25, 0.3) is 0 Å². The molecule has 1 atom stereocenters. The van der Waals surface area contributed by atoms with E-state index in [0.29, 0.717) is 26.5 Å². The van der Waals surface area contributed by atoms with Crippen molar-refractivity contribution in [2.45, 2.75) is 31.7 Å². The van der Waals surface area contributed by atoms with Crippen LogP contribution in [0, 0.1) is 5.41 Å². The summed E-state index contributed by atoms with van der Waals surface area (Å²) in [6.07, 6.45) is 1.54. The number of benzene rings is 1. The number of hydroxylamine groups is 1. The second-order valence-corrected chi connectivity index (χ2v) is 7.35. The maximum atomic E-state index is 5.60. The molecule has 3 heteroatoms. The molecule has 1 saturated heterocycles. The van der Waals surface area contributed by atoms with E-state index in [0.717, 1.165) is 18.3 Å². The summed E-state index contributed by atoms with van der Waals surface area (Å²) >= 11 is 0.529. The number of hydrogen-bond donors (Lipinski definition) is 1. The average molecular weight is 284 g/mol. The predicted octanol–water partition coefficient (Wildman–Crippen LogP) is 1.75. The topological polar surface area (TPSA) is 21.3 Å². The van der Waals surface area contributed by atoms with Gasteiger partial charge in [0.2, 0.25) is 0 Å². The molecule has 2 nitrogen and oxygen atoms in total. The Hall–Kier alpha value is -0.341. The average Bonchev–Trinajstić information content (AvgIpc) is 2.27. The first-order chi connectivity index (χ1) is 7.66. The Balaban J connectivity index is 1.82. The molecule has 0 amide bonds. The van der Waals surface area contributed by atoms with Gasteiger partial charge in [0.05, 0.1) is 0 Å². The van der Waals surface area contributed by atoms with Crippen LogP contribution in [0.3, 0.4) is 0 Å². The normalized spacial score (nSPS) is 24.2. The third-order valence-corrected chi connectivity index (χ3v) is 5.16. The van der Waals surface area contributed by atoms with Gasteiger partial charge in [-0.3, -0.25) is 0 Å². The number of hydrogen-bond acceptors (Lipinski definition) is 2. The molecule has 2 rings (SSSR count). The minimum absolute atomic E-state index is 0.371. The number of rotatable bonds is 3. The van der Waals surface area contributed by atoms with Crippen LogP contribution in [-0.2, 0) is 4.84 Å². The molecular formula is C13H19NOSe. The van der Waals surface area contributed by atoms with E-state index in [2.05, 4.69) is 49.7 Å². The van der Waals surface area contributed by atoms with Crippen LogP contribution < -0.4 is 9.94 Å². The molecule has 1 N–H and O–H groups in total. The number of nitrogens with one attached hydrogen (secondary N) is 1. The van der Waals surface area contributed by atoms with Crippen LogP contribution in [-0.4, -0.2) is 27.6 Å². The quantitative estimate of drug-likeness (QED) is 0.854. The molecule has 1 fully saturated rings. The summed E-state index contributed by atoms with van der Waals surface area (Å²) in [6.45, 7) is 5.55. The molecular weight excluding hydrogens is 265 g/mol. The fraction of sp³-hybridized carbons (Fsp3) is 0.538. The molecule has 0 radical (unpaired) electrons. The molecule has 16 heavy (non-hydrogen) atoms. The molecule has 1 aliphatic heterocycles. The fourth-order valence-corrected chi connectivity index (χ4v) is 3.80. The Morgan fingerprint density at radius 2 is 2.12 bits per heavy atom. The van der Waals surface area contributed by atoms with Crippen molar-refractivity contribution < 1.29 is 4.84 Å². The molecule has 1 aliphatic rings. The van der Waals surface area contributed by atoms with Crippen LogP contribution in [0.2, 0.25) is 5.32 Å². The summed E-state index contributed by atoms with van der Waals surface area (Å²) in [5.74, 6) is 0. The van der Waals surface area contributed by atoms with Gasteiger partial charge in [-0.1, -0.05) is 0 Å². The van der Waals surface area contributed by atoms with E-state index in [4.69, 9.17) is 4.84 Å². The summed E-state index contributed by atoms with van der Waals surface area (Å²) in [5, 5.41) is 1.16. The minimum atomic E-state index is 0.371. The fourth-order valence-electron chi connectivity index (χ4n) is 1.88. The van der Waals surface area contributed by atoms with E-state index in [-0.39, 0.29) is 0 Å². The third kappa shape index (κ3) is 3.60. The van der Waals surface area contributed by atoms with E-state index in [1.807, 2.05) is 0 Å². The molecule has 1 aromatic carbocycles. The Morgan fingerprint density at radius 3 is 2.81 bits per heavy atom. The van der Waals surface area contributed by atoms with Crippen LogP contribution in [0.5, 0.6) is 0 Å². The van der Waals surface area contributed by atoms with Crippen LogP contribution in [0.15, 0.2) is 30.3 Å². The maximum absolute atomic E-state index is 5.60. The second-order valence-electron chi connectivity index (χ2n) is 5.05. The molecule has 0 aromatic heterocycles. The van der Waals surface area contributed by atoms with Crippen molar-refractivity contribution in [3.63, 3.8) is 0 Å². The zero-order valence-electron chi connectivity index (χ0n) is 9.90. The summed E-state index contributed by atoms with van der Waals surface area (Å²) in [4.78, 5) is 5.60. The van der Waals surface area contributed by atoms with E-state index < -0.39 is 0 Å². The first-order valence-corrected chi connectivity index (χ1v) is 7.79. The van der Waals surface area contributed by atoms with E-state index >= 15 is 0 Å². The predicted molar refractivity (Wildman–Crippen MR) is 67.9 cm³/mol. The zero-order valence-corrected chi connectivity index (χ0v) is 11.6. The van der Waals surface area contributed by atoms with Gasteiger partial charge >= 0.3 is 104 Å². The molecule has 1 heterocycles. The van der Waals surface area contributed by atoms with Gasteiger partial charge in [0.15, 0.2) is 0 Å². The van der Waals surface area contributed by atoms with Crippen molar-refractivity contribution in [3.05, 3.63) is 30.3 Å². The van der Waals surface area contributed by atoms with Crippen LogP contribution in [0.4, 0.5) is 0 Å². The summed E-state index contributed by atoms with van der Waals surface area (Å²) < 4.78 is 1.46. The van der Waals surface area contributed by atoms with Crippen molar-refractivity contribution in [2.75, 3.05) is 6.54 Å². The molecule has 1 unspecified atom stereocenters. The van der Waals surface area contributed by atoms with Gasteiger partial charge in [-0.2, -0.15) is 0 Å². The summed E-state index contributed by atoms with van der Waals surface area (Å²) in [6, 6.07) is 10.7. The van der Waals surface area contributed by atoms with Crippen molar-refractivity contribution in [2.24, 2.45) is 5.41 Å². The Labute approximate surface area is 104 Å². The molecule has 88 valence electrons. The van der Waals surface area contributed by atoms with Crippen molar-refractivity contribution >= 4 is 19.4 Å². The van der Waals surface area contributed by atoms with Crippen LogP contribution in [0.1, 0.15) is 20.3 Å². The Kier molecular flexibility index (Phi) is 4.04. The Morgan fingerprint density at radius 1 is 1.38 bits per heavy atom. The van der Waals surface area contributed by atoms with Gasteiger partial charge in [0.25, 0.3) is 0 Å². The standard InChI is InChI=1S/C13H19NOSe/c1-13(2)8-11(15-14-10-13)9-16-12-6-4-3-5-7-12/h3-7,11,14H,8-10H2,1-2H3. The molecule has 0 aliphatic carbocycles. The molecule has 0 spiro atoms. The van der Waals surface area contributed by atoms with E-state index in [1.165, 1.54) is 4.46 Å². The Bertz CT molecular complexity index is 326. The van der Waals surface area contributed by atoms with Gasteiger partial charge in [-0.15, -0.1) is 0 Å².